The molecule has 5 heteroatoms. The van der Waals surface area contributed by atoms with Crippen molar-refractivity contribution in [1.82, 2.24) is 9.55 Å². The topological polar surface area (TPSA) is 62.3 Å². The third kappa shape index (κ3) is 3.03. The van der Waals surface area contributed by atoms with Crippen LogP contribution < -0.4 is 15.2 Å². The Balaban J connectivity index is 2.55. The maximum Gasteiger partial charge on any atom is 0.143 e. The van der Waals surface area contributed by atoms with Crippen LogP contribution in [0, 0.1) is 5.92 Å². The first-order valence-electron chi connectivity index (χ1n) is 7.07. The van der Waals surface area contributed by atoms with Gasteiger partial charge < -0.3 is 15.2 Å². The Morgan fingerprint density at radius 2 is 2.00 bits per heavy atom. The quantitative estimate of drug-likeness (QED) is 0.888. The van der Waals surface area contributed by atoms with E-state index >= 15 is 0 Å². The van der Waals surface area contributed by atoms with E-state index in [0.717, 1.165) is 22.9 Å². The fourth-order valence-corrected chi connectivity index (χ4v) is 2.50. The van der Waals surface area contributed by atoms with Gasteiger partial charge in [0.15, 0.2) is 0 Å². The van der Waals surface area contributed by atoms with E-state index in [1.54, 1.807) is 20.5 Å². The summed E-state index contributed by atoms with van der Waals surface area (Å²) in [6.45, 7) is 4.91. The monoisotopic (exact) mass is 289 g/mol. The van der Waals surface area contributed by atoms with E-state index in [9.17, 15) is 0 Å². The minimum atomic E-state index is 0.239. The highest BCUT2D eigenvalue weighted by Crippen LogP contribution is 2.32. The molecule has 2 aromatic rings. The molecule has 2 N–H and O–H groups in total. The Morgan fingerprint density at radius 3 is 2.57 bits per heavy atom. The van der Waals surface area contributed by atoms with Crippen LogP contribution in [-0.2, 0) is 0 Å². The summed E-state index contributed by atoms with van der Waals surface area (Å²) in [6, 6.07) is 5.71. The average Bonchev–Trinajstić information content (AvgIpc) is 2.96. The smallest absolute Gasteiger partial charge is 0.143 e. The molecule has 1 heterocycles. The molecule has 0 fully saturated rings. The van der Waals surface area contributed by atoms with Crippen LogP contribution in [0.3, 0.4) is 0 Å². The van der Waals surface area contributed by atoms with E-state index in [2.05, 4.69) is 18.8 Å². The maximum atomic E-state index is 5.94. The normalized spacial score (nSPS) is 12.5. The number of nitrogens with two attached hydrogens (primary N) is 1. The number of methoxy groups -OCH3 is 2. The molecule has 0 spiro atoms. The first-order valence-corrected chi connectivity index (χ1v) is 7.07. The van der Waals surface area contributed by atoms with Crippen molar-refractivity contribution in [3.8, 4) is 17.2 Å². The van der Waals surface area contributed by atoms with Gasteiger partial charge in [-0.1, -0.05) is 13.8 Å². The minimum Gasteiger partial charge on any atom is -0.497 e. The summed E-state index contributed by atoms with van der Waals surface area (Å²) in [4.78, 5) is 4.29. The molecule has 1 unspecified atom stereocenters. The third-order valence-corrected chi connectivity index (χ3v) is 3.75. The van der Waals surface area contributed by atoms with Crippen molar-refractivity contribution >= 4 is 0 Å². The van der Waals surface area contributed by atoms with Crippen molar-refractivity contribution in [2.24, 2.45) is 11.7 Å². The van der Waals surface area contributed by atoms with Crippen molar-refractivity contribution in [3.05, 3.63) is 36.4 Å². The lowest BCUT2D eigenvalue weighted by atomic mass is 9.93. The first-order chi connectivity index (χ1) is 10.1. The van der Waals surface area contributed by atoms with Crippen LogP contribution in [0.5, 0.6) is 11.5 Å². The Kier molecular flexibility index (Phi) is 4.85. The van der Waals surface area contributed by atoms with Crippen molar-refractivity contribution in [2.45, 2.75) is 19.8 Å². The number of hydrogen-bond acceptors (Lipinski definition) is 4. The number of rotatable bonds is 6. The number of imidazole rings is 1. The second kappa shape index (κ2) is 6.63. The lowest BCUT2D eigenvalue weighted by Crippen LogP contribution is -2.20. The molecule has 0 amide bonds. The van der Waals surface area contributed by atoms with E-state index < -0.39 is 0 Å². The molecule has 1 aromatic heterocycles. The highest BCUT2D eigenvalue weighted by Gasteiger charge is 2.20. The summed E-state index contributed by atoms with van der Waals surface area (Å²) in [6.07, 6.45) is 3.66. The van der Waals surface area contributed by atoms with Crippen LogP contribution in [0.25, 0.3) is 5.69 Å². The van der Waals surface area contributed by atoms with E-state index in [-0.39, 0.29) is 5.92 Å². The largest absolute Gasteiger partial charge is 0.497 e. The lowest BCUT2D eigenvalue weighted by Gasteiger charge is -2.21. The second-order valence-corrected chi connectivity index (χ2v) is 5.31. The Bertz CT molecular complexity index is 593. The van der Waals surface area contributed by atoms with Gasteiger partial charge in [-0.2, -0.15) is 0 Å². The highest BCUT2D eigenvalue weighted by atomic mass is 16.5. The van der Waals surface area contributed by atoms with E-state index in [0.29, 0.717) is 12.5 Å². The van der Waals surface area contributed by atoms with Crippen LogP contribution in [0.15, 0.2) is 30.7 Å². The van der Waals surface area contributed by atoms with E-state index in [1.165, 1.54) is 0 Å². The van der Waals surface area contributed by atoms with Gasteiger partial charge in [-0.3, -0.25) is 4.57 Å². The van der Waals surface area contributed by atoms with Crippen LogP contribution in [0.1, 0.15) is 25.5 Å². The summed E-state index contributed by atoms with van der Waals surface area (Å²) in [7, 11) is 3.31. The summed E-state index contributed by atoms with van der Waals surface area (Å²) in [5.74, 6) is 2.22. The zero-order valence-corrected chi connectivity index (χ0v) is 13.0. The number of hydrogen-bond donors (Lipinski definition) is 1. The second-order valence-electron chi connectivity index (χ2n) is 5.31. The first kappa shape index (κ1) is 15.4. The molecule has 0 saturated heterocycles. The SMILES string of the molecule is COc1ccc(OC)c(-n2cncc2C(CN)C(C)C)c1. The van der Waals surface area contributed by atoms with Gasteiger partial charge >= 0.3 is 0 Å². The molecule has 0 aliphatic rings. The molecule has 0 aliphatic carbocycles. The standard InChI is InChI=1S/C16H23N3O2/c1-11(2)13(8-17)15-9-18-10-19(15)14-7-12(20-3)5-6-16(14)21-4/h5-7,9-11,13H,8,17H2,1-4H3. The van der Waals surface area contributed by atoms with Crippen molar-refractivity contribution in [1.29, 1.82) is 0 Å². The molecular formula is C16H23N3O2. The average molecular weight is 289 g/mol. The molecule has 0 saturated carbocycles. The van der Waals surface area contributed by atoms with Gasteiger partial charge in [0.25, 0.3) is 0 Å². The predicted molar refractivity (Wildman–Crippen MR) is 83.3 cm³/mol. The highest BCUT2D eigenvalue weighted by molar-refractivity contribution is 5.52. The number of benzene rings is 1. The minimum absolute atomic E-state index is 0.239. The molecule has 1 atom stereocenters. The van der Waals surface area contributed by atoms with Crippen molar-refractivity contribution < 1.29 is 9.47 Å². The number of ether oxygens (including phenoxy) is 2. The molecule has 0 radical (unpaired) electrons. The molecule has 0 bridgehead atoms. The van der Waals surface area contributed by atoms with Crippen LogP contribution in [-0.4, -0.2) is 30.3 Å². The van der Waals surface area contributed by atoms with Gasteiger partial charge in [0.1, 0.15) is 11.5 Å². The summed E-state index contributed by atoms with van der Waals surface area (Å²) in [5, 5.41) is 0. The summed E-state index contributed by atoms with van der Waals surface area (Å²) >= 11 is 0. The molecule has 114 valence electrons. The Hall–Kier alpha value is -2.01. The maximum absolute atomic E-state index is 5.94. The summed E-state index contributed by atoms with van der Waals surface area (Å²) < 4.78 is 12.8. The number of nitrogens with zero attached hydrogens (tertiary/aromatic N) is 2. The van der Waals surface area contributed by atoms with Crippen LogP contribution in [0.2, 0.25) is 0 Å². The van der Waals surface area contributed by atoms with Crippen molar-refractivity contribution in [2.75, 3.05) is 20.8 Å². The molecule has 21 heavy (non-hydrogen) atoms. The third-order valence-electron chi connectivity index (χ3n) is 3.75. The molecule has 1 aromatic carbocycles. The zero-order valence-electron chi connectivity index (χ0n) is 13.0. The van der Waals surface area contributed by atoms with E-state index in [1.807, 2.05) is 29.0 Å². The molecule has 5 nitrogen and oxygen atoms in total. The van der Waals surface area contributed by atoms with Gasteiger partial charge in [0.05, 0.1) is 26.2 Å². The van der Waals surface area contributed by atoms with Gasteiger partial charge in [-0.15, -0.1) is 0 Å². The molecule has 2 rings (SSSR count). The fourth-order valence-electron chi connectivity index (χ4n) is 2.50. The lowest BCUT2D eigenvalue weighted by molar-refractivity contribution is 0.400. The summed E-state index contributed by atoms with van der Waals surface area (Å²) in [5.41, 5.74) is 7.93. The van der Waals surface area contributed by atoms with Gasteiger partial charge in [0.2, 0.25) is 0 Å². The molecule has 0 aliphatic heterocycles. The predicted octanol–water partition coefficient (Wildman–Crippen LogP) is 2.59. The van der Waals surface area contributed by atoms with Crippen LogP contribution >= 0.6 is 0 Å². The van der Waals surface area contributed by atoms with Gasteiger partial charge in [0, 0.05) is 30.4 Å². The van der Waals surface area contributed by atoms with Gasteiger partial charge in [-0.05, 0) is 18.1 Å². The number of aromatic nitrogens is 2. The Labute approximate surface area is 125 Å². The van der Waals surface area contributed by atoms with Gasteiger partial charge in [-0.25, -0.2) is 4.98 Å². The van der Waals surface area contributed by atoms with Crippen molar-refractivity contribution in [3.63, 3.8) is 0 Å². The molecular weight excluding hydrogens is 266 g/mol. The van der Waals surface area contributed by atoms with E-state index in [4.69, 9.17) is 15.2 Å². The van der Waals surface area contributed by atoms with Crippen LogP contribution in [0.4, 0.5) is 0 Å². The zero-order chi connectivity index (χ0) is 15.4. The Morgan fingerprint density at radius 1 is 1.24 bits per heavy atom. The fraction of sp³-hybridized carbons (Fsp3) is 0.438.